The number of allylic oxidation sites excluding steroid dienone is 1. The lowest BCUT2D eigenvalue weighted by atomic mass is 10.2. The highest BCUT2D eigenvalue weighted by Gasteiger charge is 2.02. The van der Waals surface area contributed by atoms with E-state index in [1.807, 2.05) is 6.92 Å². The fourth-order valence-corrected chi connectivity index (χ4v) is 0.558. The van der Waals surface area contributed by atoms with Gasteiger partial charge in [-0.15, -0.1) is 0 Å². The van der Waals surface area contributed by atoms with E-state index >= 15 is 0 Å². The van der Waals surface area contributed by atoms with Gasteiger partial charge in [-0.2, -0.15) is 0 Å². The molecule has 10 heavy (non-hydrogen) atoms. The largest absolute Gasteiger partial charge is 0.478 e. The van der Waals surface area contributed by atoms with Crippen LogP contribution in [0, 0.1) is 0 Å². The average molecular weight is 143 g/mol. The van der Waals surface area contributed by atoms with Crippen LogP contribution in [0.5, 0.6) is 0 Å². The van der Waals surface area contributed by atoms with E-state index in [-0.39, 0.29) is 0 Å². The molecule has 0 spiro atoms. The van der Waals surface area contributed by atoms with Gasteiger partial charge in [0.2, 0.25) is 0 Å². The summed E-state index contributed by atoms with van der Waals surface area (Å²) in [6.07, 6.45) is 0. The van der Waals surface area contributed by atoms with Crippen molar-refractivity contribution in [3.8, 4) is 0 Å². The first-order valence-electron chi connectivity index (χ1n) is 3.24. The minimum Gasteiger partial charge on any atom is -0.478 e. The summed E-state index contributed by atoms with van der Waals surface area (Å²) in [5, 5.41) is 11.4. The van der Waals surface area contributed by atoms with E-state index in [0.717, 1.165) is 12.2 Å². The Bertz CT molecular complexity index is 161. The third kappa shape index (κ3) is 2.53. The molecule has 0 radical (unpaired) electrons. The van der Waals surface area contributed by atoms with E-state index in [1.165, 1.54) is 0 Å². The molecule has 0 bridgehead atoms. The number of carboxylic acids is 1. The molecule has 0 amide bonds. The van der Waals surface area contributed by atoms with Crippen molar-refractivity contribution in [3.63, 3.8) is 0 Å². The summed E-state index contributed by atoms with van der Waals surface area (Å²) in [7, 11) is 0. The maximum Gasteiger partial charge on any atom is 0.333 e. The zero-order valence-corrected chi connectivity index (χ0v) is 6.56. The van der Waals surface area contributed by atoms with Crippen LogP contribution in [0.25, 0.3) is 0 Å². The van der Waals surface area contributed by atoms with Gasteiger partial charge in [0.1, 0.15) is 0 Å². The Morgan fingerprint density at radius 2 is 2.00 bits per heavy atom. The van der Waals surface area contributed by atoms with Crippen LogP contribution in [0.15, 0.2) is 11.3 Å². The normalized spacial score (nSPS) is 12.3. The summed E-state index contributed by atoms with van der Waals surface area (Å²) in [6.45, 7) is 6.03. The van der Waals surface area contributed by atoms with Crippen LogP contribution < -0.4 is 5.32 Å². The monoisotopic (exact) mass is 143 g/mol. The number of rotatable bonds is 3. The van der Waals surface area contributed by atoms with Gasteiger partial charge >= 0.3 is 5.97 Å². The molecule has 0 rings (SSSR count). The van der Waals surface area contributed by atoms with Gasteiger partial charge in [-0.05, 0) is 20.8 Å². The second-order valence-corrected chi connectivity index (χ2v) is 2.09. The Kier molecular flexibility index (Phi) is 3.54. The fourth-order valence-electron chi connectivity index (χ4n) is 0.558. The minimum absolute atomic E-state index is 0.377. The van der Waals surface area contributed by atoms with Gasteiger partial charge in [0.25, 0.3) is 0 Å². The summed E-state index contributed by atoms with van der Waals surface area (Å²) in [6, 6.07) is 0. The van der Waals surface area contributed by atoms with E-state index in [4.69, 9.17) is 5.11 Å². The zero-order valence-electron chi connectivity index (χ0n) is 6.56. The maximum atomic E-state index is 10.3. The highest BCUT2D eigenvalue weighted by Crippen LogP contribution is 1.98. The number of hydrogen-bond acceptors (Lipinski definition) is 2. The van der Waals surface area contributed by atoms with E-state index in [2.05, 4.69) is 5.32 Å². The van der Waals surface area contributed by atoms with E-state index < -0.39 is 5.97 Å². The lowest BCUT2D eigenvalue weighted by molar-refractivity contribution is -0.132. The zero-order chi connectivity index (χ0) is 8.15. The molecule has 3 heteroatoms. The van der Waals surface area contributed by atoms with Crippen molar-refractivity contribution >= 4 is 5.97 Å². The third-order valence-electron chi connectivity index (χ3n) is 1.33. The molecule has 0 atom stereocenters. The molecule has 0 unspecified atom stereocenters. The first-order valence-corrected chi connectivity index (χ1v) is 3.24. The summed E-state index contributed by atoms with van der Waals surface area (Å²) in [4.78, 5) is 10.3. The number of carbonyl (C=O) groups is 1. The van der Waals surface area contributed by atoms with Crippen molar-refractivity contribution in [1.82, 2.24) is 5.32 Å². The van der Waals surface area contributed by atoms with Crippen molar-refractivity contribution in [1.29, 1.82) is 0 Å². The molecule has 0 aromatic carbocycles. The van der Waals surface area contributed by atoms with Crippen LogP contribution in [0.3, 0.4) is 0 Å². The molecular weight excluding hydrogens is 130 g/mol. The number of carboxylic acid groups (broad SMARTS) is 1. The number of nitrogens with one attached hydrogen (secondary N) is 1. The van der Waals surface area contributed by atoms with Gasteiger partial charge in [0.15, 0.2) is 0 Å². The van der Waals surface area contributed by atoms with E-state index in [0.29, 0.717) is 5.57 Å². The third-order valence-corrected chi connectivity index (χ3v) is 1.33. The maximum absolute atomic E-state index is 10.3. The fraction of sp³-hybridized carbons (Fsp3) is 0.571. The average Bonchev–Trinajstić information content (AvgIpc) is 1.87. The van der Waals surface area contributed by atoms with Gasteiger partial charge in [0, 0.05) is 12.2 Å². The Balaban J connectivity index is 4.19. The summed E-state index contributed by atoms with van der Waals surface area (Å²) in [5.41, 5.74) is 1.11. The molecule has 0 aliphatic rings. The van der Waals surface area contributed by atoms with Crippen LogP contribution in [-0.2, 0) is 4.79 Å². The summed E-state index contributed by atoms with van der Waals surface area (Å²) >= 11 is 0. The smallest absolute Gasteiger partial charge is 0.333 e. The highest BCUT2D eigenvalue weighted by atomic mass is 16.4. The second kappa shape index (κ2) is 3.93. The first kappa shape index (κ1) is 9.01. The predicted octanol–water partition coefficient (Wildman–Crippen LogP) is 0.974. The van der Waals surface area contributed by atoms with Gasteiger partial charge in [-0.1, -0.05) is 0 Å². The molecule has 0 aromatic rings. The first-order chi connectivity index (χ1) is 4.59. The lowest BCUT2D eigenvalue weighted by Crippen LogP contribution is -2.14. The SMILES string of the molecule is CCN/C(C)=C(\C)C(=O)O. The van der Waals surface area contributed by atoms with Crippen LogP contribution >= 0.6 is 0 Å². The highest BCUT2D eigenvalue weighted by molar-refractivity contribution is 5.86. The molecule has 3 nitrogen and oxygen atoms in total. The van der Waals surface area contributed by atoms with Crippen molar-refractivity contribution in [2.24, 2.45) is 0 Å². The van der Waals surface area contributed by atoms with Crippen molar-refractivity contribution in [2.75, 3.05) is 6.54 Å². The van der Waals surface area contributed by atoms with E-state index in [9.17, 15) is 4.79 Å². The molecule has 0 saturated heterocycles. The quantitative estimate of drug-likeness (QED) is 0.579. The van der Waals surface area contributed by atoms with Crippen molar-refractivity contribution < 1.29 is 9.90 Å². The standard InChI is InChI=1S/C7H13NO2/c1-4-8-6(3)5(2)7(9)10/h8H,4H2,1-3H3,(H,9,10)/b6-5+. The van der Waals surface area contributed by atoms with Crippen LogP contribution in [0.4, 0.5) is 0 Å². The topological polar surface area (TPSA) is 49.3 Å². The Hall–Kier alpha value is -0.990. The van der Waals surface area contributed by atoms with Gasteiger partial charge in [-0.3, -0.25) is 0 Å². The molecule has 0 aromatic heterocycles. The molecule has 0 aliphatic heterocycles. The van der Waals surface area contributed by atoms with Crippen LogP contribution in [0.1, 0.15) is 20.8 Å². The molecule has 0 fully saturated rings. The molecule has 58 valence electrons. The summed E-state index contributed by atoms with van der Waals surface area (Å²) < 4.78 is 0. The Morgan fingerprint density at radius 1 is 1.50 bits per heavy atom. The second-order valence-electron chi connectivity index (χ2n) is 2.09. The number of aliphatic carboxylic acids is 1. The molecule has 2 N–H and O–H groups in total. The molecule has 0 heterocycles. The van der Waals surface area contributed by atoms with Crippen LogP contribution in [-0.4, -0.2) is 17.6 Å². The lowest BCUT2D eigenvalue weighted by Gasteiger charge is -2.03. The summed E-state index contributed by atoms with van der Waals surface area (Å²) in [5.74, 6) is -0.863. The Morgan fingerprint density at radius 3 is 2.30 bits per heavy atom. The van der Waals surface area contributed by atoms with Crippen LogP contribution in [0.2, 0.25) is 0 Å². The molecular formula is C7H13NO2. The molecule has 0 saturated carbocycles. The minimum atomic E-state index is -0.863. The molecule has 0 aliphatic carbocycles. The Labute approximate surface area is 60.7 Å². The number of hydrogen-bond donors (Lipinski definition) is 2. The van der Waals surface area contributed by atoms with E-state index in [1.54, 1.807) is 13.8 Å². The van der Waals surface area contributed by atoms with Gasteiger partial charge < -0.3 is 10.4 Å². The predicted molar refractivity (Wildman–Crippen MR) is 39.7 cm³/mol. The van der Waals surface area contributed by atoms with Gasteiger partial charge in [0.05, 0.1) is 5.57 Å². The van der Waals surface area contributed by atoms with Gasteiger partial charge in [-0.25, -0.2) is 4.79 Å². The van der Waals surface area contributed by atoms with Crippen molar-refractivity contribution in [3.05, 3.63) is 11.3 Å². The van der Waals surface area contributed by atoms with Crippen molar-refractivity contribution in [2.45, 2.75) is 20.8 Å².